The molecule has 2 rings (SSSR count). The minimum atomic E-state index is -0.667. The maximum atomic E-state index is 11.0. The van der Waals surface area contributed by atoms with Crippen molar-refractivity contribution in [3.05, 3.63) is 27.8 Å². The van der Waals surface area contributed by atoms with E-state index in [1.54, 1.807) is 0 Å². The van der Waals surface area contributed by atoms with Crippen molar-refractivity contribution in [1.29, 1.82) is 0 Å². The van der Waals surface area contributed by atoms with Crippen LogP contribution < -0.4 is 5.32 Å². The zero-order valence-corrected chi connectivity index (χ0v) is 14.5. The van der Waals surface area contributed by atoms with Gasteiger partial charge in [0.1, 0.15) is 0 Å². The minimum Gasteiger partial charge on any atom is -0.504 e. The van der Waals surface area contributed by atoms with Gasteiger partial charge in [-0.15, -0.1) is 24.8 Å². The standard InChI is InChI=1S/C14H21N3O4.2ClH/c1-2-3-11(16-6-4-15-5-7-16)10-8-12(17(20)21)14(19)13(18)9-10;;/h8-9,11,15,18-19H,2-7H2,1H3;2*1H/t11-;;/m1../s1. The number of nitrogens with zero attached hydrogens (tertiary/aromatic N) is 2. The molecule has 0 amide bonds. The van der Waals surface area contributed by atoms with E-state index in [0.29, 0.717) is 5.56 Å². The Balaban J connectivity index is 0.00000242. The van der Waals surface area contributed by atoms with Crippen molar-refractivity contribution in [2.24, 2.45) is 0 Å². The van der Waals surface area contributed by atoms with Crippen LogP contribution in [0, 0.1) is 10.1 Å². The maximum Gasteiger partial charge on any atom is 0.314 e. The molecule has 0 aromatic heterocycles. The van der Waals surface area contributed by atoms with Crippen molar-refractivity contribution >= 4 is 30.5 Å². The molecule has 1 heterocycles. The van der Waals surface area contributed by atoms with Gasteiger partial charge in [-0.2, -0.15) is 0 Å². The van der Waals surface area contributed by atoms with Crippen molar-refractivity contribution in [3.63, 3.8) is 0 Å². The molecule has 1 aromatic carbocycles. The fourth-order valence-corrected chi connectivity index (χ4v) is 2.78. The van der Waals surface area contributed by atoms with Gasteiger partial charge in [0.2, 0.25) is 5.75 Å². The lowest BCUT2D eigenvalue weighted by molar-refractivity contribution is -0.386. The molecular weight excluding hydrogens is 345 g/mol. The van der Waals surface area contributed by atoms with Crippen LogP contribution in [0.2, 0.25) is 0 Å². The predicted molar refractivity (Wildman–Crippen MR) is 93.0 cm³/mol. The number of phenols is 2. The number of nitrogens with one attached hydrogen (secondary N) is 1. The molecule has 0 radical (unpaired) electrons. The van der Waals surface area contributed by atoms with Crippen LogP contribution in [0.15, 0.2) is 12.1 Å². The van der Waals surface area contributed by atoms with E-state index in [2.05, 4.69) is 17.1 Å². The van der Waals surface area contributed by atoms with Gasteiger partial charge in [-0.25, -0.2) is 0 Å². The lowest BCUT2D eigenvalue weighted by Gasteiger charge is -2.35. The average Bonchev–Trinajstić information content (AvgIpc) is 2.48. The lowest BCUT2D eigenvalue weighted by atomic mass is 9.98. The zero-order valence-electron chi connectivity index (χ0n) is 12.9. The number of nitro benzene ring substituents is 1. The topological polar surface area (TPSA) is 98.9 Å². The van der Waals surface area contributed by atoms with Crippen LogP contribution in [-0.4, -0.2) is 46.2 Å². The van der Waals surface area contributed by atoms with Gasteiger partial charge < -0.3 is 15.5 Å². The van der Waals surface area contributed by atoms with Gasteiger partial charge >= 0.3 is 5.69 Å². The van der Waals surface area contributed by atoms with Crippen LogP contribution in [0.3, 0.4) is 0 Å². The van der Waals surface area contributed by atoms with Crippen LogP contribution in [0.5, 0.6) is 11.5 Å². The SMILES string of the molecule is CCC[C@H](c1cc(O)c(O)c([N+](=O)[O-])c1)N1CCNCC1.Cl.Cl. The van der Waals surface area contributed by atoms with Gasteiger partial charge in [-0.05, 0) is 18.1 Å². The summed E-state index contributed by atoms with van der Waals surface area (Å²) in [7, 11) is 0. The van der Waals surface area contributed by atoms with E-state index in [1.165, 1.54) is 12.1 Å². The molecule has 23 heavy (non-hydrogen) atoms. The summed E-state index contributed by atoms with van der Waals surface area (Å²) < 4.78 is 0. The highest BCUT2D eigenvalue weighted by atomic mass is 35.5. The number of phenolic OH excluding ortho intramolecular Hbond substituents is 2. The Labute approximate surface area is 147 Å². The Morgan fingerprint density at radius 2 is 1.91 bits per heavy atom. The molecule has 132 valence electrons. The Kier molecular flexibility index (Phi) is 9.23. The predicted octanol–water partition coefficient (Wildman–Crippen LogP) is 2.60. The van der Waals surface area contributed by atoms with Gasteiger partial charge in [0.25, 0.3) is 0 Å². The number of halogens is 2. The minimum absolute atomic E-state index is 0. The lowest BCUT2D eigenvalue weighted by Crippen LogP contribution is -2.45. The quantitative estimate of drug-likeness (QED) is 0.420. The molecule has 7 nitrogen and oxygen atoms in total. The molecule has 3 N–H and O–H groups in total. The summed E-state index contributed by atoms with van der Waals surface area (Å²) >= 11 is 0. The first kappa shape index (κ1) is 21.7. The van der Waals surface area contributed by atoms with Crippen LogP contribution in [0.1, 0.15) is 31.4 Å². The van der Waals surface area contributed by atoms with Crippen molar-refractivity contribution in [2.75, 3.05) is 26.2 Å². The second-order valence-corrected chi connectivity index (χ2v) is 5.26. The van der Waals surface area contributed by atoms with Crippen molar-refractivity contribution in [3.8, 4) is 11.5 Å². The summed E-state index contributed by atoms with van der Waals surface area (Å²) in [5, 5.41) is 33.6. The van der Waals surface area contributed by atoms with Gasteiger partial charge in [-0.1, -0.05) is 13.3 Å². The van der Waals surface area contributed by atoms with E-state index in [0.717, 1.165) is 39.0 Å². The highest BCUT2D eigenvalue weighted by Gasteiger charge is 2.26. The first-order chi connectivity index (χ1) is 10.0. The van der Waals surface area contributed by atoms with Gasteiger partial charge in [0.15, 0.2) is 5.75 Å². The molecule has 0 bridgehead atoms. The first-order valence-corrected chi connectivity index (χ1v) is 7.19. The Morgan fingerprint density at radius 1 is 1.30 bits per heavy atom. The molecular formula is C14H23Cl2N3O4. The first-order valence-electron chi connectivity index (χ1n) is 7.19. The van der Waals surface area contributed by atoms with Crippen LogP contribution in [0.25, 0.3) is 0 Å². The van der Waals surface area contributed by atoms with Gasteiger partial charge in [0.05, 0.1) is 4.92 Å². The summed E-state index contributed by atoms with van der Waals surface area (Å²) in [6.45, 7) is 5.54. The van der Waals surface area contributed by atoms with Crippen LogP contribution in [-0.2, 0) is 0 Å². The number of hydrogen-bond acceptors (Lipinski definition) is 6. The second-order valence-electron chi connectivity index (χ2n) is 5.26. The Morgan fingerprint density at radius 3 is 2.43 bits per heavy atom. The second kappa shape index (κ2) is 9.77. The number of benzene rings is 1. The number of nitro groups is 1. The number of rotatable bonds is 5. The molecule has 1 aliphatic heterocycles. The molecule has 1 atom stereocenters. The fourth-order valence-electron chi connectivity index (χ4n) is 2.78. The Bertz CT molecular complexity index is 525. The third-order valence-corrected chi connectivity index (χ3v) is 3.83. The highest BCUT2D eigenvalue weighted by molar-refractivity contribution is 5.85. The zero-order chi connectivity index (χ0) is 15.4. The summed E-state index contributed by atoms with van der Waals surface area (Å²) in [4.78, 5) is 12.6. The third-order valence-electron chi connectivity index (χ3n) is 3.83. The van der Waals surface area contributed by atoms with E-state index < -0.39 is 22.1 Å². The third kappa shape index (κ3) is 5.10. The van der Waals surface area contributed by atoms with Gasteiger partial charge in [0, 0.05) is 38.3 Å². The largest absolute Gasteiger partial charge is 0.504 e. The summed E-state index contributed by atoms with van der Waals surface area (Å²) in [6.07, 6.45) is 1.78. The van der Waals surface area contributed by atoms with E-state index >= 15 is 0 Å². The molecule has 9 heteroatoms. The average molecular weight is 368 g/mol. The van der Waals surface area contributed by atoms with Crippen LogP contribution in [0.4, 0.5) is 5.69 Å². The smallest absolute Gasteiger partial charge is 0.314 e. The number of aromatic hydroxyl groups is 2. The maximum absolute atomic E-state index is 11.0. The number of piperazine rings is 1. The molecule has 0 aliphatic carbocycles. The monoisotopic (exact) mass is 367 g/mol. The summed E-state index contributed by atoms with van der Waals surface area (Å²) in [5.74, 6) is -1.10. The Hall–Kier alpha value is -1.28. The van der Waals surface area contributed by atoms with Crippen molar-refractivity contribution < 1.29 is 15.1 Å². The highest BCUT2D eigenvalue weighted by Crippen LogP contribution is 2.39. The normalized spacial score (nSPS) is 16.0. The van der Waals surface area contributed by atoms with Crippen molar-refractivity contribution in [2.45, 2.75) is 25.8 Å². The van der Waals surface area contributed by atoms with E-state index in [9.17, 15) is 20.3 Å². The number of hydrogen-bond donors (Lipinski definition) is 3. The fraction of sp³-hybridized carbons (Fsp3) is 0.571. The van der Waals surface area contributed by atoms with E-state index in [4.69, 9.17) is 0 Å². The molecule has 0 spiro atoms. The summed E-state index contributed by atoms with van der Waals surface area (Å²) in [6, 6.07) is 2.82. The van der Waals surface area contributed by atoms with Crippen LogP contribution >= 0.6 is 24.8 Å². The van der Waals surface area contributed by atoms with E-state index in [-0.39, 0.29) is 30.9 Å². The summed E-state index contributed by atoms with van der Waals surface area (Å²) in [5.41, 5.74) is 0.238. The molecule has 0 saturated carbocycles. The van der Waals surface area contributed by atoms with Gasteiger partial charge in [-0.3, -0.25) is 15.0 Å². The molecule has 1 aromatic rings. The molecule has 0 unspecified atom stereocenters. The molecule has 1 fully saturated rings. The molecule has 1 saturated heterocycles. The van der Waals surface area contributed by atoms with Crippen molar-refractivity contribution in [1.82, 2.24) is 10.2 Å². The molecule has 1 aliphatic rings. The van der Waals surface area contributed by atoms with E-state index in [1.807, 2.05) is 0 Å².